The first kappa shape index (κ1) is 15.9. The average Bonchev–Trinajstić information content (AvgIpc) is 2.76. The predicted molar refractivity (Wildman–Crippen MR) is 92.1 cm³/mol. The van der Waals surface area contributed by atoms with E-state index in [1.54, 1.807) is 0 Å². The number of nitrogens with one attached hydrogen (secondary N) is 2. The van der Waals surface area contributed by atoms with Gasteiger partial charge in [-0.05, 0) is 36.1 Å². The Morgan fingerprint density at radius 3 is 2.48 bits per heavy atom. The molecule has 0 saturated carbocycles. The zero-order valence-electron chi connectivity index (χ0n) is 13.1. The summed E-state index contributed by atoms with van der Waals surface area (Å²) in [4.78, 5) is 15.5. The zero-order chi connectivity index (χ0) is 15.5. The number of hydrogen-bond acceptors (Lipinski definition) is 4. The largest absolute Gasteiger partial charge is 0.335 e. The lowest BCUT2D eigenvalue weighted by molar-refractivity contribution is -0.114. The third-order valence-electron chi connectivity index (χ3n) is 3.01. The number of carbonyl (C=O) groups excluding carboxylic acids is 1. The van der Waals surface area contributed by atoms with Crippen molar-refractivity contribution in [3.05, 3.63) is 24.3 Å². The maximum Gasteiger partial charge on any atom is 0.221 e. The molecule has 0 aromatic heterocycles. The molecular formula is C16H23N3OS. The van der Waals surface area contributed by atoms with Crippen LogP contribution in [0.2, 0.25) is 0 Å². The van der Waals surface area contributed by atoms with E-state index < -0.39 is 0 Å². The van der Waals surface area contributed by atoms with Crippen LogP contribution in [0, 0.1) is 5.41 Å². The molecule has 0 aliphatic carbocycles. The lowest BCUT2D eigenvalue weighted by Crippen LogP contribution is -2.16. The third-order valence-corrected chi connectivity index (χ3v) is 4.12. The van der Waals surface area contributed by atoms with Crippen LogP contribution in [0.3, 0.4) is 0 Å². The summed E-state index contributed by atoms with van der Waals surface area (Å²) < 4.78 is 0. The normalized spacial score (nSPS) is 18.3. The molecule has 1 unspecified atom stereocenters. The maximum atomic E-state index is 11.0. The van der Waals surface area contributed by atoms with Gasteiger partial charge in [-0.15, -0.1) is 0 Å². The lowest BCUT2D eigenvalue weighted by atomic mass is 9.90. The average molecular weight is 305 g/mol. The van der Waals surface area contributed by atoms with Gasteiger partial charge in [0.25, 0.3) is 0 Å². The molecular weight excluding hydrogens is 282 g/mol. The van der Waals surface area contributed by atoms with E-state index in [0.717, 1.165) is 29.5 Å². The van der Waals surface area contributed by atoms with Gasteiger partial charge in [-0.2, -0.15) is 0 Å². The SMILES string of the molecule is CC(=O)Nc1ccc(NC2=NCC(CC(C)(C)C)S2)cc1. The number of aliphatic imine (C=N–C) groups is 1. The fourth-order valence-corrected chi connectivity index (χ4v) is 3.61. The Morgan fingerprint density at radius 1 is 1.29 bits per heavy atom. The van der Waals surface area contributed by atoms with Crippen LogP contribution < -0.4 is 10.6 Å². The molecule has 1 heterocycles. The van der Waals surface area contributed by atoms with Crippen molar-refractivity contribution in [1.29, 1.82) is 0 Å². The van der Waals surface area contributed by atoms with Crippen molar-refractivity contribution in [1.82, 2.24) is 0 Å². The lowest BCUT2D eigenvalue weighted by Gasteiger charge is -2.21. The minimum absolute atomic E-state index is 0.0588. The number of nitrogens with zero attached hydrogens (tertiary/aromatic N) is 1. The van der Waals surface area contributed by atoms with Crippen LogP contribution in [-0.4, -0.2) is 22.9 Å². The van der Waals surface area contributed by atoms with E-state index in [1.165, 1.54) is 6.92 Å². The topological polar surface area (TPSA) is 53.5 Å². The van der Waals surface area contributed by atoms with Crippen LogP contribution in [0.25, 0.3) is 0 Å². The Morgan fingerprint density at radius 2 is 1.90 bits per heavy atom. The maximum absolute atomic E-state index is 11.0. The summed E-state index contributed by atoms with van der Waals surface area (Å²) >= 11 is 1.82. The van der Waals surface area contributed by atoms with Crippen molar-refractivity contribution in [3.8, 4) is 0 Å². The molecule has 21 heavy (non-hydrogen) atoms. The van der Waals surface area contributed by atoms with Gasteiger partial charge in [0.2, 0.25) is 5.91 Å². The Balaban J connectivity index is 1.87. The number of amides is 1. The van der Waals surface area contributed by atoms with Gasteiger partial charge in [0, 0.05) is 23.5 Å². The summed E-state index contributed by atoms with van der Waals surface area (Å²) in [5.41, 5.74) is 2.13. The van der Waals surface area contributed by atoms with E-state index in [-0.39, 0.29) is 5.91 Å². The molecule has 0 fully saturated rings. The molecule has 1 aliphatic rings. The summed E-state index contributed by atoms with van der Waals surface area (Å²) in [6.07, 6.45) is 1.16. The van der Waals surface area contributed by atoms with Gasteiger partial charge in [0.05, 0.1) is 6.54 Å². The van der Waals surface area contributed by atoms with E-state index in [9.17, 15) is 4.79 Å². The molecule has 0 radical (unpaired) electrons. The quantitative estimate of drug-likeness (QED) is 0.888. The number of carbonyl (C=O) groups is 1. The predicted octanol–water partition coefficient (Wildman–Crippen LogP) is 3.96. The zero-order valence-corrected chi connectivity index (χ0v) is 13.9. The first-order valence-electron chi connectivity index (χ1n) is 7.18. The Bertz CT molecular complexity index is 531. The van der Waals surface area contributed by atoms with E-state index >= 15 is 0 Å². The highest BCUT2D eigenvalue weighted by atomic mass is 32.2. The Kier molecular flexibility index (Phi) is 4.93. The molecule has 1 amide bonds. The molecule has 0 saturated heterocycles. The second-order valence-electron chi connectivity index (χ2n) is 6.53. The molecule has 1 aromatic carbocycles. The molecule has 114 valence electrons. The van der Waals surface area contributed by atoms with Crippen LogP contribution >= 0.6 is 11.8 Å². The highest BCUT2D eigenvalue weighted by Crippen LogP contribution is 2.32. The summed E-state index contributed by atoms with van der Waals surface area (Å²) in [6.45, 7) is 9.18. The van der Waals surface area contributed by atoms with Gasteiger partial charge >= 0.3 is 0 Å². The van der Waals surface area contributed by atoms with E-state index in [4.69, 9.17) is 0 Å². The van der Waals surface area contributed by atoms with Crippen LogP contribution in [0.4, 0.5) is 11.4 Å². The molecule has 1 atom stereocenters. The molecule has 1 aromatic rings. The standard InChI is InChI=1S/C16H23N3OS/c1-11(20)18-12-5-7-13(8-6-12)19-15-17-10-14(21-15)9-16(2,3)4/h5-8,14H,9-10H2,1-4H3,(H,17,19)(H,18,20). The third kappa shape index (κ3) is 5.42. The number of anilines is 2. The van der Waals surface area contributed by atoms with E-state index in [0.29, 0.717) is 10.7 Å². The van der Waals surface area contributed by atoms with Gasteiger partial charge in [0.1, 0.15) is 0 Å². The highest BCUT2D eigenvalue weighted by Gasteiger charge is 2.24. The first-order valence-corrected chi connectivity index (χ1v) is 8.05. The van der Waals surface area contributed by atoms with Gasteiger partial charge < -0.3 is 10.6 Å². The van der Waals surface area contributed by atoms with Crippen molar-refractivity contribution in [2.45, 2.75) is 39.4 Å². The molecule has 0 spiro atoms. The molecule has 5 heteroatoms. The van der Waals surface area contributed by atoms with Crippen LogP contribution in [0.15, 0.2) is 29.3 Å². The summed E-state index contributed by atoms with van der Waals surface area (Å²) in [5.74, 6) is -0.0588. The van der Waals surface area contributed by atoms with Gasteiger partial charge in [0.15, 0.2) is 5.17 Å². The van der Waals surface area contributed by atoms with Gasteiger partial charge in [-0.25, -0.2) is 0 Å². The van der Waals surface area contributed by atoms with Gasteiger partial charge in [-0.1, -0.05) is 32.5 Å². The van der Waals surface area contributed by atoms with Crippen LogP contribution in [0.1, 0.15) is 34.1 Å². The van der Waals surface area contributed by atoms with Crippen molar-refractivity contribution < 1.29 is 4.79 Å². The number of amidine groups is 1. The minimum Gasteiger partial charge on any atom is -0.335 e. The molecule has 4 nitrogen and oxygen atoms in total. The molecule has 2 N–H and O–H groups in total. The monoisotopic (exact) mass is 305 g/mol. The minimum atomic E-state index is -0.0588. The van der Waals surface area contributed by atoms with E-state index in [1.807, 2.05) is 36.0 Å². The van der Waals surface area contributed by atoms with E-state index in [2.05, 4.69) is 36.4 Å². The fourth-order valence-electron chi connectivity index (χ4n) is 2.24. The smallest absolute Gasteiger partial charge is 0.221 e. The first-order chi connectivity index (χ1) is 9.82. The Hall–Kier alpha value is -1.49. The van der Waals surface area contributed by atoms with Crippen LogP contribution in [-0.2, 0) is 4.79 Å². The van der Waals surface area contributed by atoms with Crippen LogP contribution in [0.5, 0.6) is 0 Å². The second-order valence-corrected chi connectivity index (χ2v) is 7.82. The highest BCUT2D eigenvalue weighted by molar-refractivity contribution is 8.15. The summed E-state index contributed by atoms with van der Waals surface area (Å²) in [6, 6.07) is 7.67. The molecule has 2 rings (SSSR count). The number of benzene rings is 1. The Labute approximate surface area is 130 Å². The summed E-state index contributed by atoms with van der Waals surface area (Å²) in [5, 5.41) is 7.64. The van der Waals surface area contributed by atoms with Crippen molar-refractivity contribution >= 4 is 34.2 Å². The van der Waals surface area contributed by atoms with Crippen molar-refractivity contribution in [2.75, 3.05) is 17.2 Å². The summed E-state index contributed by atoms with van der Waals surface area (Å²) in [7, 11) is 0. The number of rotatable bonds is 3. The second kappa shape index (κ2) is 6.52. The van der Waals surface area contributed by atoms with Crippen molar-refractivity contribution in [2.24, 2.45) is 10.4 Å². The number of thioether (sulfide) groups is 1. The fraction of sp³-hybridized carbons (Fsp3) is 0.500. The molecule has 1 aliphatic heterocycles. The molecule has 0 bridgehead atoms. The van der Waals surface area contributed by atoms with Gasteiger partial charge in [-0.3, -0.25) is 9.79 Å². The number of hydrogen-bond donors (Lipinski definition) is 2. The van der Waals surface area contributed by atoms with Crippen molar-refractivity contribution in [3.63, 3.8) is 0 Å².